The molecular formula is C18H21FN4O3S. The summed E-state index contributed by atoms with van der Waals surface area (Å²) in [6.07, 6.45) is 3.84. The van der Waals surface area contributed by atoms with Gasteiger partial charge in [0.15, 0.2) is 0 Å². The number of nitrogens with one attached hydrogen (secondary N) is 2. The molecule has 1 saturated heterocycles. The molecule has 0 spiro atoms. The van der Waals surface area contributed by atoms with Crippen LogP contribution in [0.2, 0.25) is 0 Å². The van der Waals surface area contributed by atoms with E-state index in [4.69, 9.17) is 0 Å². The van der Waals surface area contributed by atoms with Crippen molar-refractivity contribution in [3.05, 3.63) is 48.4 Å². The zero-order valence-corrected chi connectivity index (χ0v) is 15.7. The van der Waals surface area contributed by atoms with E-state index in [1.807, 2.05) is 6.07 Å². The molecule has 1 atom stereocenters. The predicted octanol–water partition coefficient (Wildman–Crippen LogP) is 2.13. The molecule has 27 heavy (non-hydrogen) atoms. The Morgan fingerprint density at radius 3 is 2.41 bits per heavy atom. The third-order valence-electron chi connectivity index (χ3n) is 4.29. The standard InChI is InChI=1S/C18H21FN4O3S/c1-13(22-27(25,26)16-7-4-14(19)5-8-16)18(24)21-15-6-9-17(20-12-15)23-10-2-3-11-23/h4-9,12-13,22H,2-3,10-11H2,1H3,(H,21,24)/t13-/m1/s1. The van der Waals surface area contributed by atoms with Gasteiger partial charge in [-0.15, -0.1) is 0 Å². The van der Waals surface area contributed by atoms with E-state index in [1.165, 1.54) is 6.92 Å². The van der Waals surface area contributed by atoms with E-state index in [1.54, 1.807) is 12.3 Å². The van der Waals surface area contributed by atoms with Gasteiger partial charge in [0.25, 0.3) is 0 Å². The highest BCUT2D eigenvalue weighted by atomic mass is 32.2. The summed E-state index contributed by atoms with van der Waals surface area (Å²) in [7, 11) is -3.93. The van der Waals surface area contributed by atoms with E-state index in [-0.39, 0.29) is 4.90 Å². The highest BCUT2D eigenvalue weighted by Gasteiger charge is 2.22. The molecule has 0 bridgehead atoms. The molecule has 1 fully saturated rings. The fourth-order valence-electron chi connectivity index (χ4n) is 2.81. The number of carbonyl (C=O) groups excluding carboxylic acids is 1. The summed E-state index contributed by atoms with van der Waals surface area (Å²) in [5.41, 5.74) is 0.482. The predicted molar refractivity (Wildman–Crippen MR) is 100 cm³/mol. The molecule has 1 aromatic heterocycles. The van der Waals surface area contributed by atoms with Crippen molar-refractivity contribution in [2.45, 2.75) is 30.7 Å². The fraction of sp³-hybridized carbons (Fsp3) is 0.333. The Morgan fingerprint density at radius 1 is 1.15 bits per heavy atom. The largest absolute Gasteiger partial charge is 0.357 e. The number of aromatic nitrogens is 1. The molecule has 1 amide bonds. The Bertz CT molecular complexity index is 895. The summed E-state index contributed by atoms with van der Waals surface area (Å²) in [5, 5.41) is 2.64. The van der Waals surface area contributed by atoms with Gasteiger partial charge < -0.3 is 10.2 Å². The van der Waals surface area contributed by atoms with Crippen LogP contribution in [0.15, 0.2) is 47.5 Å². The van der Waals surface area contributed by atoms with Crippen molar-refractivity contribution in [2.24, 2.45) is 0 Å². The number of benzene rings is 1. The van der Waals surface area contributed by atoms with Crippen molar-refractivity contribution in [3.63, 3.8) is 0 Å². The Kier molecular flexibility index (Phi) is 5.71. The minimum Gasteiger partial charge on any atom is -0.357 e. The molecule has 3 rings (SSSR count). The van der Waals surface area contributed by atoms with Crippen LogP contribution in [0.4, 0.5) is 15.9 Å². The third-order valence-corrected chi connectivity index (χ3v) is 5.85. The number of pyridine rings is 1. The molecule has 2 heterocycles. The molecule has 0 radical (unpaired) electrons. The number of nitrogens with zero attached hydrogens (tertiary/aromatic N) is 2. The fourth-order valence-corrected chi connectivity index (χ4v) is 4.01. The van der Waals surface area contributed by atoms with Crippen molar-refractivity contribution in [2.75, 3.05) is 23.3 Å². The average Bonchev–Trinajstić information content (AvgIpc) is 3.17. The van der Waals surface area contributed by atoms with E-state index in [9.17, 15) is 17.6 Å². The first-order valence-corrected chi connectivity index (χ1v) is 10.1. The van der Waals surface area contributed by atoms with Crippen LogP contribution in [0.25, 0.3) is 0 Å². The first-order valence-electron chi connectivity index (χ1n) is 8.65. The molecule has 1 aromatic carbocycles. The minimum absolute atomic E-state index is 0.111. The van der Waals surface area contributed by atoms with Crippen molar-refractivity contribution >= 4 is 27.4 Å². The number of anilines is 2. The number of hydrogen-bond donors (Lipinski definition) is 2. The second-order valence-corrected chi connectivity index (χ2v) is 8.10. The number of rotatable bonds is 6. The summed E-state index contributed by atoms with van der Waals surface area (Å²) in [6, 6.07) is 6.93. The lowest BCUT2D eigenvalue weighted by molar-refractivity contribution is -0.117. The normalized spacial score (nSPS) is 15.6. The van der Waals surface area contributed by atoms with Crippen LogP contribution in [0.3, 0.4) is 0 Å². The molecular weight excluding hydrogens is 371 g/mol. The first-order chi connectivity index (χ1) is 12.8. The molecule has 2 N–H and O–H groups in total. The molecule has 0 unspecified atom stereocenters. The van der Waals surface area contributed by atoms with E-state index in [0.717, 1.165) is 56.0 Å². The molecule has 2 aromatic rings. The highest BCUT2D eigenvalue weighted by molar-refractivity contribution is 7.89. The Morgan fingerprint density at radius 2 is 1.81 bits per heavy atom. The van der Waals surface area contributed by atoms with Gasteiger partial charge in [0.05, 0.1) is 22.8 Å². The highest BCUT2D eigenvalue weighted by Crippen LogP contribution is 2.19. The summed E-state index contributed by atoms with van der Waals surface area (Å²) in [6.45, 7) is 3.38. The van der Waals surface area contributed by atoms with Gasteiger partial charge in [0.2, 0.25) is 15.9 Å². The number of carbonyl (C=O) groups is 1. The van der Waals surface area contributed by atoms with Crippen LogP contribution in [-0.4, -0.2) is 38.4 Å². The van der Waals surface area contributed by atoms with Crippen LogP contribution in [0.1, 0.15) is 19.8 Å². The van der Waals surface area contributed by atoms with E-state index in [0.29, 0.717) is 5.69 Å². The maximum atomic E-state index is 12.9. The average molecular weight is 392 g/mol. The molecule has 0 saturated carbocycles. The number of halogens is 1. The van der Waals surface area contributed by atoms with Gasteiger partial charge in [0.1, 0.15) is 11.6 Å². The number of amides is 1. The molecule has 0 aliphatic carbocycles. The topological polar surface area (TPSA) is 91.4 Å². The smallest absolute Gasteiger partial charge is 0.242 e. The molecule has 9 heteroatoms. The van der Waals surface area contributed by atoms with Gasteiger partial charge in [-0.3, -0.25) is 4.79 Å². The zero-order chi connectivity index (χ0) is 19.4. The van der Waals surface area contributed by atoms with Gasteiger partial charge >= 0.3 is 0 Å². The maximum absolute atomic E-state index is 12.9. The first kappa shape index (κ1) is 19.2. The van der Waals surface area contributed by atoms with Gasteiger partial charge in [0, 0.05) is 13.1 Å². The van der Waals surface area contributed by atoms with Crippen LogP contribution in [-0.2, 0) is 14.8 Å². The summed E-state index contributed by atoms with van der Waals surface area (Å²) >= 11 is 0. The van der Waals surface area contributed by atoms with Crippen molar-refractivity contribution < 1.29 is 17.6 Å². The van der Waals surface area contributed by atoms with Crippen molar-refractivity contribution in [1.82, 2.24) is 9.71 Å². The van der Waals surface area contributed by atoms with Crippen LogP contribution < -0.4 is 14.9 Å². The lowest BCUT2D eigenvalue weighted by Gasteiger charge is -2.17. The van der Waals surface area contributed by atoms with Crippen LogP contribution >= 0.6 is 0 Å². The van der Waals surface area contributed by atoms with Gasteiger partial charge in [-0.05, 0) is 56.2 Å². The van der Waals surface area contributed by atoms with Crippen molar-refractivity contribution in [1.29, 1.82) is 0 Å². The van der Waals surface area contributed by atoms with Crippen molar-refractivity contribution in [3.8, 4) is 0 Å². The number of hydrogen-bond acceptors (Lipinski definition) is 5. The molecule has 7 nitrogen and oxygen atoms in total. The van der Waals surface area contributed by atoms with Gasteiger partial charge in [-0.25, -0.2) is 17.8 Å². The second-order valence-electron chi connectivity index (χ2n) is 6.39. The van der Waals surface area contributed by atoms with E-state index < -0.39 is 27.8 Å². The maximum Gasteiger partial charge on any atom is 0.242 e. The Balaban J connectivity index is 1.60. The van der Waals surface area contributed by atoms with E-state index in [2.05, 4.69) is 19.9 Å². The SMILES string of the molecule is C[C@@H](NS(=O)(=O)c1ccc(F)cc1)C(=O)Nc1ccc(N2CCCC2)nc1. The summed E-state index contributed by atoms with van der Waals surface area (Å²) in [4.78, 5) is 18.7. The summed E-state index contributed by atoms with van der Waals surface area (Å²) in [5.74, 6) is -0.198. The Labute approximate surface area is 157 Å². The second kappa shape index (κ2) is 8.01. The van der Waals surface area contributed by atoms with Gasteiger partial charge in [-0.2, -0.15) is 4.72 Å². The summed E-state index contributed by atoms with van der Waals surface area (Å²) < 4.78 is 39.8. The third kappa shape index (κ3) is 4.81. The van der Waals surface area contributed by atoms with Gasteiger partial charge in [-0.1, -0.05) is 0 Å². The lowest BCUT2D eigenvalue weighted by Crippen LogP contribution is -2.41. The lowest BCUT2D eigenvalue weighted by atomic mass is 10.3. The van der Waals surface area contributed by atoms with Crippen LogP contribution in [0, 0.1) is 5.82 Å². The number of sulfonamides is 1. The molecule has 1 aliphatic rings. The minimum atomic E-state index is -3.93. The molecule has 144 valence electrons. The quantitative estimate of drug-likeness (QED) is 0.786. The van der Waals surface area contributed by atoms with E-state index >= 15 is 0 Å². The monoisotopic (exact) mass is 392 g/mol. The molecule has 1 aliphatic heterocycles. The zero-order valence-electron chi connectivity index (χ0n) is 14.9. The van der Waals surface area contributed by atoms with Crippen LogP contribution in [0.5, 0.6) is 0 Å². The Hall–Kier alpha value is -2.52.